The number of hydrogen-bond acceptors (Lipinski definition) is 4. The van der Waals surface area contributed by atoms with Gasteiger partial charge in [-0.05, 0) is 44.0 Å². The number of rotatable bonds is 9. The van der Waals surface area contributed by atoms with Gasteiger partial charge in [-0.3, -0.25) is 9.88 Å². The van der Waals surface area contributed by atoms with Crippen LogP contribution in [-0.2, 0) is 13.2 Å². The highest BCUT2D eigenvalue weighted by atomic mass is 16.5. The van der Waals surface area contributed by atoms with E-state index in [0.717, 1.165) is 24.4 Å². The molecule has 1 fully saturated rings. The third-order valence-corrected chi connectivity index (χ3v) is 5.14. The number of ether oxygens (including phenoxy) is 1. The number of aromatic nitrogens is 1. The van der Waals surface area contributed by atoms with Crippen LogP contribution in [0.15, 0.2) is 48.8 Å². The fraction of sp³-hybridized carbons (Fsp3) is 0.500. The van der Waals surface area contributed by atoms with Gasteiger partial charge in [0, 0.05) is 42.7 Å². The maximum Gasteiger partial charge on any atom is 0.124 e. The highest BCUT2D eigenvalue weighted by molar-refractivity contribution is 5.33. The first-order chi connectivity index (χ1) is 12.7. The molecule has 1 unspecified atom stereocenters. The van der Waals surface area contributed by atoms with Crippen LogP contribution in [0.1, 0.15) is 37.8 Å². The van der Waals surface area contributed by atoms with Crippen molar-refractivity contribution in [3.8, 4) is 5.75 Å². The first-order valence-electron chi connectivity index (χ1n) is 9.78. The van der Waals surface area contributed by atoms with E-state index in [1.807, 2.05) is 30.5 Å². The fourth-order valence-electron chi connectivity index (χ4n) is 3.65. The lowest BCUT2D eigenvalue weighted by Gasteiger charge is -2.31. The Morgan fingerprint density at radius 1 is 1.12 bits per heavy atom. The molecule has 2 aromatic rings. The summed E-state index contributed by atoms with van der Waals surface area (Å²) in [4.78, 5) is 6.79. The number of benzene rings is 1. The predicted molar refractivity (Wildman–Crippen MR) is 106 cm³/mol. The SMILES string of the molecule is CC(C)C(CNCc1ccccc1OCc1cccnc1)N1CCCC1. The van der Waals surface area contributed by atoms with E-state index in [0.29, 0.717) is 18.6 Å². The Labute approximate surface area is 157 Å². The Morgan fingerprint density at radius 3 is 2.65 bits per heavy atom. The number of pyridine rings is 1. The molecule has 4 heteroatoms. The second-order valence-electron chi connectivity index (χ2n) is 7.44. The molecule has 140 valence electrons. The molecule has 1 N–H and O–H groups in total. The largest absolute Gasteiger partial charge is 0.489 e. The maximum absolute atomic E-state index is 6.04. The summed E-state index contributed by atoms with van der Waals surface area (Å²) in [5, 5.41) is 3.66. The Bertz CT molecular complexity index is 653. The van der Waals surface area contributed by atoms with Gasteiger partial charge in [-0.25, -0.2) is 0 Å². The van der Waals surface area contributed by atoms with Gasteiger partial charge in [-0.15, -0.1) is 0 Å². The van der Waals surface area contributed by atoms with E-state index in [1.54, 1.807) is 6.20 Å². The van der Waals surface area contributed by atoms with Gasteiger partial charge in [0.15, 0.2) is 0 Å². The van der Waals surface area contributed by atoms with Crippen molar-refractivity contribution in [2.45, 2.75) is 45.9 Å². The number of nitrogens with one attached hydrogen (secondary N) is 1. The molecule has 1 atom stereocenters. The molecule has 0 bridgehead atoms. The van der Waals surface area contributed by atoms with Crippen LogP contribution in [0.3, 0.4) is 0 Å². The van der Waals surface area contributed by atoms with Crippen LogP contribution in [0.4, 0.5) is 0 Å². The third kappa shape index (κ3) is 5.29. The van der Waals surface area contributed by atoms with E-state index in [-0.39, 0.29) is 0 Å². The first kappa shape index (κ1) is 18.9. The molecule has 0 amide bonds. The summed E-state index contributed by atoms with van der Waals surface area (Å²) in [6.45, 7) is 9.55. The van der Waals surface area contributed by atoms with Crippen molar-refractivity contribution in [2.24, 2.45) is 5.92 Å². The van der Waals surface area contributed by atoms with Crippen molar-refractivity contribution in [2.75, 3.05) is 19.6 Å². The van der Waals surface area contributed by atoms with E-state index in [2.05, 4.69) is 41.2 Å². The molecule has 1 aliphatic rings. The molecule has 1 aromatic carbocycles. The third-order valence-electron chi connectivity index (χ3n) is 5.14. The Kier molecular flexibility index (Phi) is 7.04. The molecule has 0 aliphatic carbocycles. The molecule has 1 aromatic heterocycles. The lowest BCUT2D eigenvalue weighted by Crippen LogP contribution is -2.44. The van der Waals surface area contributed by atoms with Gasteiger partial charge >= 0.3 is 0 Å². The molecule has 4 nitrogen and oxygen atoms in total. The molecule has 0 spiro atoms. The molecule has 2 heterocycles. The van der Waals surface area contributed by atoms with Gasteiger partial charge in [0.1, 0.15) is 12.4 Å². The lowest BCUT2D eigenvalue weighted by atomic mass is 10.0. The minimum atomic E-state index is 0.549. The standard InChI is InChI=1S/C22H31N3O/c1-18(2)21(25-12-5-6-13-25)16-24-15-20-9-3-4-10-22(20)26-17-19-8-7-11-23-14-19/h3-4,7-11,14,18,21,24H,5-6,12-13,15-17H2,1-2H3. The zero-order valence-electron chi connectivity index (χ0n) is 16.0. The number of nitrogens with zero attached hydrogens (tertiary/aromatic N) is 2. The molecule has 0 radical (unpaired) electrons. The van der Waals surface area contributed by atoms with Gasteiger partial charge in [-0.1, -0.05) is 38.1 Å². The van der Waals surface area contributed by atoms with Crippen LogP contribution < -0.4 is 10.1 Å². The van der Waals surface area contributed by atoms with Crippen LogP contribution in [0.25, 0.3) is 0 Å². The number of para-hydroxylation sites is 1. The van der Waals surface area contributed by atoms with E-state index in [9.17, 15) is 0 Å². The van der Waals surface area contributed by atoms with E-state index >= 15 is 0 Å². The van der Waals surface area contributed by atoms with Crippen molar-refractivity contribution in [1.29, 1.82) is 0 Å². The van der Waals surface area contributed by atoms with Gasteiger partial charge in [-0.2, -0.15) is 0 Å². The van der Waals surface area contributed by atoms with E-state index < -0.39 is 0 Å². The summed E-state index contributed by atoms with van der Waals surface area (Å²) < 4.78 is 6.04. The summed E-state index contributed by atoms with van der Waals surface area (Å²) in [6, 6.07) is 12.9. The summed E-state index contributed by atoms with van der Waals surface area (Å²) in [6.07, 6.45) is 6.32. The van der Waals surface area contributed by atoms with Crippen molar-refractivity contribution in [3.63, 3.8) is 0 Å². The predicted octanol–water partition coefficient (Wildman–Crippen LogP) is 3.87. The average molecular weight is 354 g/mol. The smallest absolute Gasteiger partial charge is 0.124 e. The van der Waals surface area contributed by atoms with E-state index in [1.165, 1.54) is 31.5 Å². The molecule has 26 heavy (non-hydrogen) atoms. The van der Waals surface area contributed by atoms with Gasteiger partial charge in [0.25, 0.3) is 0 Å². The number of likely N-dealkylation sites (tertiary alicyclic amines) is 1. The topological polar surface area (TPSA) is 37.4 Å². The van der Waals surface area contributed by atoms with Crippen LogP contribution >= 0.6 is 0 Å². The molecular weight excluding hydrogens is 322 g/mol. The van der Waals surface area contributed by atoms with Gasteiger partial charge < -0.3 is 10.1 Å². The van der Waals surface area contributed by atoms with Crippen molar-refractivity contribution in [3.05, 3.63) is 59.9 Å². The summed E-state index contributed by atoms with van der Waals surface area (Å²) in [5.41, 5.74) is 2.30. The Morgan fingerprint density at radius 2 is 1.92 bits per heavy atom. The maximum atomic E-state index is 6.04. The Hall–Kier alpha value is -1.91. The minimum absolute atomic E-state index is 0.549. The lowest BCUT2D eigenvalue weighted by molar-refractivity contribution is 0.186. The highest BCUT2D eigenvalue weighted by Crippen LogP contribution is 2.20. The quantitative estimate of drug-likeness (QED) is 0.742. The zero-order chi connectivity index (χ0) is 18.2. The monoisotopic (exact) mass is 353 g/mol. The fourth-order valence-corrected chi connectivity index (χ4v) is 3.65. The normalized spacial score (nSPS) is 16.1. The van der Waals surface area contributed by atoms with Crippen molar-refractivity contribution < 1.29 is 4.74 Å². The van der Waals surface area contributed by atoms with Gasteiger partial charge in [0.2, 0.25) is 0 Å². The molecule has 3 rings (SSSR count). The molecule has 0 saturated carbocycles. The van der Waals surface area contributed by atoms with Crippen LogP contribution in [-0.4, -0.2) is 35.6 Å². The first-order valence-corrected chi connectivity index (χ1v) is 9.78. The highest BCUT2D eigenvalue weighted by Gasteiger charge is 2.24. The van der Waals surface area contributed by atoms with E-state index in [4.69, 9.17) is 4.74 Å². The Balaban J connectivity index is 1.54. The van der Waals surface area contributed by atoms with Crippen LogP contribution in [0, 0.1) is 5.92 Å². The summed E-state index contributed by atoms with van der Waals surface area (Å²) in [5.74, 6) is 1.61. The second kappa shape index (κ2) is 9.70. The van der Waals surface area contributed by atoms with Crippen LogP contribution in [0.2, 0.25) is 0 Å². The van der Waals surface area contributed by atoms with Gasteiger partial charge in [0.05, 0.1) is 0 Å². The molecular formula is C22H31N3O. The molecule has 1 saturated heterocycles. The number of hydrogen-bond donors (Lipinski definition) is 1. The second-order valence-corrected chi connectivity index (χ2v) is 7.44. The average Bonchev–Trinajstić information content (AvgIpc) is 3.19. The molecule has 1 aliphatic heterocycles. The minimum Gasteiger partial charge on any atom is -0.489 e. The van der Waals surface area contributed by atoms with Crippen molar-refractivity contribution in [1.82, 2.24) is 15.2 Å². The summed E-state index contributed by atoms with van der Waals surface area (Å²) >= 11 is 0. The summed E-state index contributed by atoms with van der Waals surface area (Å²) in [7, 11) is 0. The van der Waals surface area contributed by atoms with Crippen LogP contribution in [0.5, 0.6) is 5.75 Å². The zero-order valence-corrected chi connectivity index (χ0v) is 16.0. The van der Waals surface area contributed by atoms with Crippen molar-refractivity contribution >= 4 is 0 Å².